The van der Waals surface area contributed by atoms with Gasteiger partial charge < -0.3 is 4.52 Å². The van der Waals surface area contributed by atoms with E-state index >= 15 is 0 Å². The molecule has 1 aliphatic rings. The van der Waals surface area contributed by atoms with Crippen LogP contribution in [0.3, 0.4) is 0 Å². The van der Waals surface area contributed by atoms with Gasteiger partial charge in [0.25, 0.3) is 0 Å². The lowest BCUT2D eigenvalue weighted by molar-refractivity contribution is 0.0428. The van der Waals surface area contributed by atoms with Crippen molar-refractivity contribution in [1.82, 2.24) is 4.67 Å². The third-order valence-corrected chi connectivity index (χ3v) is 9.09. The Morgan fingerprint density at radius 3 is 2.30 bits per heavy atom. The van der Waals surface area contributed by atoms with Crippen molar-refractivity contribution in [3.63, 3.8) is 0 Å². The van der Waals surface area contributed by atoms with Gasteiger partial charge in [-0.1, -0.05) is 73.1 Å². The summed E-state index contributed by atoms with van der Waals surface area (Å²) in [5.74, 6) is 1.99. The molecule has 0 bridgehead atoms. The van der Waals surface area contributed by atoms with Gasteiger partial charge in [-0.05, 0) is 48.1 Å². The van der Waals surface area contributed by atoms with Crippen LogP contribution in [0.15, 0.2) is 24.3 Å². The molecule has 0 aromatic heterocycles. The van der Waals surface area contributed by atoms with Gasteiger partial charge in [-0.25, -0.2) is 4.67 Å². The second kappa shape index (κ2) is 9.72. The predicted octanol–water partition coefficient (Wildman–Crippen LogP) is 6.45. The summed E-state index contributed by atoms with van der Waals surface area (Å²) in [6.07, 6.45) is 3.51. The Kier molecular flexibility index (Phi) is 8.16. The molecular weight excluding hydrogens is 353 g/mol. The molecule has 0 heterocycles. The first-order valence-electron chi connectivity index (χ1n) is 10.9. The zero-order valence-corrected chi connectivity index (χ0v) is 19.3. The van der Waals surface area contributed by atoms with Crippen LogP contribution >= 0.6 is 7.52 Å². The van der Waals surface area contributed by atoms with E-state index in [9.17, 15) is 4.57 Å². The average molecular weight is 394 g/mol. The molecule has 4 atom stereocenters. The fourth-order valence-corrected chi connectivity index (χ4v) is 7.36. The maximum absolute atomic E-state index is 14.5. The van der Waals surface area contributed by atoms with E-state index in [1.165, 1.54) is 12.8 Å². The van der Waals surface area contributed by atoms with Crippen molar-refractivity contribution in [2.24, 2.45) is 17.8 Å². The van der Waals surface area contributed by atoms with E-state index in [1.807, 2.05) is 18.2 Å². The van der Waals surface area contributed by atoms with Crippen molar-refractivity contribution in [2.75, 3.05) is 13.1 Å². The lowest BCUT2D eigenvalue weighted by atomic mass is 9.75. The molecule has 1 aromatic rings. The van der Waals surface area contributed by atoms with Crippen LogP contribution in [-0.4, -0.2) is 23.9 Å². The number of nitrogens with zero attached hydrogens (tertiary/aromatic N) is 1. The second-order valence-electron chi connectivity index (χ2n) is 8.84. The van der Waals surface area contributed by atoms with E-state index in [0.717, 1.165) is 30.4 Å². The molecule has 0 N–H and O–H groups in total. The highest BCUT2D eigenvalue weighted by Gasteiger charge is 2.41. The molecule has 1 saturated carbocycles. The lowest BCUT2D eigenvalue weighted by Gasteiger charge is -2.41. The third-order valence-electron chi connectivity index (χ3n) is 6.21. The Hall–Kier alpha value is -0.630. The molecule has 0 spiro atoms. The molecule has 0 aliphatic heterocycles. The molecule has 154 valence electrons. The first-order chi connectivity index (χ1) is 12.7. The van der Waals surface area contributed by atoms with Gasteiger partial charge in [0.15, 0.2) is 0 Å². The molecule has 0 saturated heterocycles. The van der Waals surface area contributed by atoms with Gasteiger partial charge in [-0.3, -0.25) is 4.57 Å². The predicted molar refractivity (Wildman–Crippen MR) is 117 cm³/mol. The van der Waals surface area contributed by atoms with Crippen molar-refractivity contribution < 1.29 is 9.09 Å². The minimum Gasteiger partial charge on any atom is -0.310 e. The van der Waals surface area contributed by atoms with E-state index in [0.29, 0.717) is 23.7 Å². The molecule has 1 fully saturated rings. The molecule has 0 amide bonds. The van der Waals surface area contributed by atoms with E-state index in [4.69, 9.17) is 4.52 Å². The number of hydrogen-bond acceptors (Lipinski definition) is 2. The fraction of sp³-hybridized carbons (Fsp3) is 0.739. The van der Waals surface area contributed by atoms with E-state index in [1.54, 1.807) is 0 Å². The summed E-state index contributed by atoms with van der Waals surface area (Å²) < 4.78 is 23.3. The smallest absolute Gasteiger partial charge is 0.302 e. The molecule has 0 radical (unpaired) electrons. The number of rotatable bonds is 8. The monoisotopic (exact) mass is 393 g/mol. The van der Waals surface area contributed by atoms with Crippen LogP contribution in [0.1, 0.15) is 79.2 Å². The molecule has 2 rings (SSSR count). The second-order valence-corrected chi connectivity index (χ2v) is 11.1. The minimum absolute atomic E-state index is 0.0698. The van der Waals surface area contributed by atoms with Gasteiger partial charge in [0.05, 0.1) is 11.4 Å². The fourth-order valence-electron chi connectivity index (χ4n) is 4.52. The van der Waals surface area contributed by atoms with Crippen LogP contribution < -0.4 is 5.30 Å². The van der Waals surface area contributed by atoms with Crippen LogP contribution in [-0.2, 0) is 9.09 Å². The third kappa shape index (κ3) is 5.05. The average Bonchev–Trinajstić information content (AvgIpc) is 2.62. The van der Waals surface area contributed by atoms with Crippen LogP contribution in [0.25, 0.3) is 0 Å². The molecule has 1 unspecified atom stereocenters. The quantitative estimate of drug-likeness (QED) is 0.476. The Balaban J connectivity index is 2.50. The summed E-state index contributed by atoms with van der Waals surface area (Å²) in [4.78, 5) is 0. The van der Waals surface area contributed by atoms with Gasteiger partial charge in [0.1, 0.15) is 0 Å². The highest BCUT2D eigenvalue weighted by molar-refractivity contribution is 7.64. The van der Waals surface area contributed by atoms with E-state index in [-0.39, 0.29) is 6.10 Å². The Bertz CT molecular complexity index is 639. The van der Waals surface area contributed by atoms with Crippen LogP contribution in [0.5, 0.6) is 0 Å². The summed E-state index contributed by atoms with van der Waals surface area (Å²) in [6.45, 7) is 16.8. The maximum atomic E-state index is 14.5. The molecule has 1 aliphatic carbocycles. The SMILES string of the molecule is CCN(CC)P(=O)(O[C@@H]1C[C@H](C)CC[C@H]1C(C)C)c1ccccc1C(C)C. The first-order valence-corrected chi connectivity index (χ1v) is 12.5. The molecule has 3 nitrogen and oxygen atoms in total. The Labute approximate surface area is 167 Å². The van der Waals surface area contributed by atoms with Crippen molar-refractivity contribution in [2.45, 2.75) is 79.8 Å². The molecule has 1 aromatic carbocycles. The van der Waals surface area contributed by atoms with Crippen molar-refractivity contribution in [3.05, 3.63) is 29.8 Å². The zero-order chi connectivity index (χ0) is 20.2. The van der Waals surface area contributed by atoms with E-state index < -0.39 is 7.52 Å². The number of hydrogen-bond donors (Lipinski definition) is 0. The number of benzene rings is 1. The van der Waals surface area contributed by atoms with Crippen LogP contribution in [0.2, 0.25) is 0 Å². The van der Waals surface area contributed by atoms with Crippen LogP contribution in [0.4, 0.5) is 0 Å². The standard InChI is InChI=1S/C23H40NO2P/c1-8-24(9-2)27(25,23-13-11-10-12-21(23)18(5)6)26-22-16-19(7)14-15-20(22)17(3)4/h10-13,17-20,22H,8-9,14-16H2,1-7H3/t19-,20+,22-,27?/m1/s1. The van der Waals surface area contributed by atoms with Gasteiger partial charge in [-0.15, -0.1) is 0 Å². The van der Waals surface area contributed by atoms with Crippen molar-refractivity contribution >= 4 is 12.8 Å². The summed E-state index contributed by atoms with van der Waals surface area (Å²) in [7, 11) is -3.11. The highest BCUT2D eigenvalue weighted by Crippen LogP contribution is 2.54. The maximum Gasteiger partial charge on any atom is 0.302 e. The lowest BCUT2D eigenvalue weighted by Crippen LogP contribution is -2.38. The highest BCUT2D eigenvalue weighted by atomic mass is 31.2. The molecule has 4 heteroatoms. The van der Waals surface area contributed by atoms with Crippen molar-refractivity contribution in [1.29, 1.82) is 0 Å². The van der Waals surface area contributed by atoms with Crippen LogP contribution in [0, 0.1) is 17.8 Å². The summed E-state index contributed by atoms with van der Waals surface area (Å²) in [5.41, 5.74) is 1.15. The van der Waals surface area contributed by atoms with Gasteiger partial charge in [-0.2, -0.15) is 0 Å². The summed E-state index contributed by atoms with van der Waals surface area (Å²) in [5, 5.41) is 0.907. The van der Waals surface area contributed by atoms with Crippen molar-refractivity contribution in [3.8, 4) is 0 Å². The zero-order valence-electron chi connectivity index (χ0n) is 18.4. The normalized spacial score (nSPS) is 25.9. The van der Waals surface area contributed by atoms with Gasteiger partial charge in [0, 0.05) is 13.1 Å². The minimum atomic E-state index is -3.11. The Morgan fingerprint density at radius 2 is 1.74 bits per heavy atom. The topological polar surface area (TPSA) is 29.5 Å². The largest absolute Gasteiger partial charge is 0.310 e. The van der Waals surface area contributed by atoms with Gasteiger partial charge >= 0.3 is 7.52 Å². The Morgan fingerprint density at radius 1 is 1.11 bits per heavy atom. The van der Waals surface area contributed by atoms with Gasteiger partial charge in [0.2, 0.25) is 0 Å². The summed E-state index contributed by atoms with van der Waals surface area (Å²) in [6, 6.07) is 8.20. The van der Waals surface area contributed by atoms with E-state index in [2.05, 4.69) is 59.2 Å². The summed E-state index contributed by atoms with van der Waals surface area (Å²) >= 11 is 0. The first kappa shape index (κ1) is 22.7. The molecule has 27 heavy (non-hydrogen) atoms. The molecular formula is C23H40NO2P.